The highest BCUT2D eigenvalue weighted by molar-refractivity contribution is 5.11. The minimum Gasteiger partial charge on any atom is -0.445 e. The molecule has 0 amide bonds. The molecule has 1 saturated carbocycles. The minimum absolute atomic E-state index is 0.231. The van der Waals surface area contributed by atoms with E-state index in [1.165, 1.54) is 25.7 Å². The second kappa shape index (κ2) is 6.34. The molecule has 0 spiro atoms. The Bertz CT molecular complexity index is 356. The van der Waals surface area contributed by atoms with Crippen molar-refractivity contribution in [2.45, 2.75) is 44.4 Å². The van der Waals surface area contributed by atoms with Crippen LogP contribution in [0.15, 0.2) is 10.6 Å². The fourth-order valence-electron chi connectivity index (χ4n) is 2.60. The van der Waals surface area contributed by atoms with Crippen LogP contribution in [0.3, 0.4) is 0 Å². The molecule has 4 heteroatoms. The first kappa shape index (κ1) is 13.6. The number of hydrogen-bond acceptors (Lipinski definition) is 4. The third-order valence-electron chi connectivity index (χ3n) is 3.85. The second-order valence-electron chi connectivity index (χ2n) is 5.38. The lowest BCUT2D eigenvalue weighted by Crippen LogP contribution is -2.21. The van der Waals surface area contributed by atoms with Gasteiger partial charge in [0.25, 0.3) is 0 Å². The third-order valence-corrected chi connectivity index (χ3v) is 3.85. The number of methoxy groups -OCH3 is 1. The predicted molar refractivity (Wildman–Crippen MR) is 70.8 cm³/mol. The highest BCUT2D eigenvalue weighted by Crippen LogP contribution is 2.40. The van der Waals surface area contributed by atoms with Crippen LogP contribution in [0.5, 0.6) is 0 Å². The molecule has 0 atom stereocenters. The molecule has 0 unspecified atom stereocenters. The van der Waals surface area contributed by atoms with Crippen molar-refractivity contribution in [3.05, 3.63) is 17.8 Å². The lowest BCUT2D eigenvalue weighted by atomic mass is 9.87. The number of nitrogens with zero attached hydrogens (tertiary/aromatic N) is 1. The number of hydrogen-bond donors (Lipinski definition) is 1. The van der Waals surface area contributed by atoms with Crippen LogP contribution < -0.4 is 5.32 Å². The van der Waals surface area contributed by atoms with Crippen molar-refractivity contribution in [3.8, 4) is 0 Å². The van der Waals surface area contributed by atoms with E-state index in [0.29, 0.717) is 0 Å². The third kappa shape index (κ3) is 3.33. The second-order valence-corrected chi connectivity index (χ2v) is 5.38. The van der Waals surface area contributed by atoms with Crippen LogP contribution in [0.25, 0.3) is 0 Å². The topological polar surface area (TPSA) is 47.3 Å². The molecule has 0 aliphatic heterocycles. The standard InChI is InChI=1S/C14H24N2O2/c1-14(6-3-4-7-14)12-11-16-13(18-12)5-8-15-9-10-17-2/h11,15H,3-10H2,1-2H3. The van der Waals surface area contributed by atoms with Gasteiger partial charge < -0.3 is 14.5 Å². The van der Waals surface area contributed by atoms with E-state index >= 15 is 0 Å². The Hall–Kier alpha value is -0.870. The van der Waals surface area contributed by atoms with E-state index in [1.807, 2.05) is 6.20 Å². The van der Waals surface area contributed by atoms with E-state index in [2.05, 4.69) is 17.2 Å². The Morgan fingerprint density at radius 1 is 1.39 bits per heavy atom. The average molecular weight is 252 g/mol. The summed E-state index contributed by atoms with van der Waals surface area (Å²) in [6.07, 6.45) is 7.85. The Balaban J connectivity index is 1.79. The largest absolute Gasteiger partial charge is 0.445 e. The highest BCUT2D eigenvalue weighted by Gasteiger charge is 2.33. The molecule has 0 radical (unpaired) electrons. The van der Waals surface area contributed by atoms with Crippen LogP contribution in [0.4, 0.5) is 0 Å². The summed E-state index contributed by atoms with van der Waals surface area (Å²) in [5, 5.41) is 3.30. The minimum atomic E-state index is 0.231. The Morgan fingerprint density at radius 2 is 2.17 bits per heavy atom. The fraction of sp³-hybridized carbons (Fsp3) is 0.786. The summed E-state index contributed by atoms with van der Waals surface area (Å²) in [5.41, 5.74) is 0.231. The monoisotopic (exact) mass is 252 g/mol. The van der Waals surface area contributed by atoms with E-state index in [9.17, 15) is 0 Å². The summed E-state index contributed by atoms with van der Waals surface area (Å²) in [4.78, 5) is 4.39. The lowest BCUT2D eigenvalue weighted by Gasteiger charge is -2.19. The Morgan fingerprint density at radius 3 is 2.89 bits per heavy atom. The van der Waals surface area contributed by atoms with Crippen molar-refractivity contribution in [1.82, 2.24) is 10.3 Å². The van der Waals surface area contributed by atoms with Crippen LogP contribution in [-0.2, 0) is 16.6 Å². The van der Waals surface area contributed by atoms with Gasteiger partial charge in [0.2, 0.25) is 0 Å². The lowest BCUT2D eigenvalue weighted by molar-refractivity contribution is 0.199. The summed E-state index contributed by atoms with van der Waals surface area (Å²) in [7, 11) is 1.71. The van der Waals surface area contributed by atoms with Gasteiger partial charge in [0.05, 0.1) is 12.8 Å². The van der Waals surface area contributed by atoms with E-state index in [0.717, 1.165) is 37.8 Å². The van der Waals surface area contributed by atoms with E-state index < -0.39 is 0 Å². The Kier molecular flexibility index (Phi) is 4.78. The molecule has 1 aliphatic rings. The first-order valence-electron chi connectivity index (χ1n) is 6.89. The molecule has 18 heavy (non-hydrogen) atoms. The zero-order valence-electron chi connectivity index (χ0n) is 11.5. The summed E-state index contributed by atoms with van der Waals surface area (Å²) < 4.78 is 10.9. The first-order valence-corrected chi connectivity index (χ1v) is 6.89. The molecule has 0 bridgehead atoms. The molecule has 2 rings (SSSR count). The van der Waals surface area contributed by atoms with Crippen LogP contribution >= 0.6 is 0 Å². The molecule has 1 aliphatic carbocycles. The molecule has 1 aromatic rings. The van der Waals surface area contributed by atoms with Crippen molar-refractivity contribution in [2.24, 2.45) is 0 Å². The molecule has 0 saturated heterocycles. The van der Waals surface area contributed by atoms with Crippen LogP contribution in [0, 0.1) is 0 Å². The molecule has 4 nitrogen and oxygen atoms in total. The van der Waals surface area contributed by atoms with Gasteiger partial charge in [-0.25, -0.2) is 4.98 Å². The molecule has 102 valence electrons. The molecule has 1 N–H and O–H groups in total. The Labute approximate surface area is 109 Å². The van der Waals surface area contributed by atoms with Crippen LogP contribution in [0.1, 0.15) is 44.3 Å². The highest BCUT2D eigenvalue weighted by atomic mass is 16.5. The molecule has 1 aromatic heterocycles. The summed E-state index contributed by atoms with van der Waals surface area (Å²) in [6, 6.07) is 0. The van der Waals surface area contributed by atoms with Gasteiger partial charge in [-0.1, -0.05) is 19.8 Å². The van der Waals surface area contributed by atoms with Gasteiger partial charge in [-0.05, 0) is 12.8 Å². The zero-order valence-corrected chi connectivity index (χ0v) is 11.5. The van der Waals surface area contributed by atoms with E-state index in [4.69, 9.17) is 9.15 Å². The first-order chi connectivity index (χ1) is 8.74. The summed E-state index contributed by atoms with van der Waals surface area (Å²) in [6.45, 7) is 4.80. The van der Waals surface area contributed by atoms with E-state index in [1.54, 1.807) is 7.11 Å². The average Bonchev–Trinajstić information content (AvgIpc) is 2.99. The van der Waals surface area contributed by atoms with Crippen molar-refractivity contribution in [3.63, 3.8) is 0 Å². The number of nitrogens with one attached hydrogen (secondary N) is 1. The van der Waals surface area contributed by atoms with Gasteiger partial charge in [-0.15, -0.1) is 0 Å². The van der Waals surface area contributed by atoms with Gasteiger partial charge in [-0.2, -0.15) is 0 Å². The molecule has 1 fully saturated rings. The number of oxazole rings is 1. The maximum absolute atomic E-state index is 5.89. The van der Waals surface area contributed by atoms with Crippen molar-refractivity contribution in [2.75, 3.05) is 26.8 Å². The summed E-state index contributed by atoms with van der Waals surface area (Å²) in [5.74, 6) is 1.93. The maximum atomic E-state index is 5.89. The number of aromatic nitrogens is 1. The quantitative estimate of drug-likeness (QED) is 0.756. The molecule has 0 aromatic carbocycles. The molecular formula is C14H24N2O2. The van der Waals surface area contributed by atoms with Crippen molar-refractivity contribution < 1.29 is 9.15 Å². The van der Waals surface area contributed by atoms with Crippen molar-refractivity contribution >= 4 is 0 Å². The fourth-order valence-corrected chi connectivity index (χ4v) is 2.60. The van der Waals surface area contributed by atoms with Gasteiger partial charge >= 0.3 is 0 Å². The van der Waals surface area contributed by atoms with Gasteiger partial charge in [0.1, 0.15) is 5.76 Å². The van der Waals surface area contributed by atoms with Crippen LogP contribution in [0.2, 0.25) is 0 Å². The number of rotatable bonds is 7. The molecule has 1 heterocycles. The van der Waals surface area contributed by atoms with Gasteiger partial charge in [0, 0.05) is 32.0 Å². The SMILES string of the molecule is COCCNCCc1ncc(C2(C)CCCC2)o1. The summed E-state index contributed by atoms with van der Waals surface area (Å²) >= 11 is 0. The number of ether oxygens (including phenoxy) is 1. The smallest absolute Gasteiger partial charge is 0.195 e. The zero-order chi connectivity index (χ0) is 12.8. The predicted octanol–water partition coefficient (Wildman–Crippen LogP) is 2.28. The maximum Gasteiger partial charge on any atom is 0.195 e. The van der Waals surface area contributed by atoms with Crippen LogP contribution in [-0.4, -0.2) is 31.8 Å². The van der Waals surface area contributed by atoms with Gasteiger partial charge in [0.15, 0.2) is 5.89 Å². The normalized spacial score (nSPS) is 18.3. The van der Waals surface area contributed by atoms with Crippen molar-refractivity contribution in [1.29, 1.82) is 0 Å². The molecular weight excluding hydrogens is 228 g/mol. The van der Waals surface area contributed by atoms with Gasteiger partial charge in [-0.3, -0.25) is 0 Å². The van der Waals surface area contributed by atoms with E-state index in [-0.39, 0.29) is 5.41 Å².